The van der Waals surface area contributed by atoms with Gasteiger partial charge < -0.3 is 15.2 Å². The van der Waals surface area contributed by atoms with Crippen LogP contribution in [0.25, 0.3) is 0 Å². The molecular weight excluding hydrogens is 225 g/mol. The molecule has 0 aromatic heterocycles. The molecular formula is C12H16FNO3. The van der Waals surface area contributed by atoms with E-state index in [0.29, 0.717) is 12.0 Å². The Labute approximate surface area is 99.4 Å². The van der Waals surface area contributed by atoms with Crippen molar-refractivity contribution in [2.24, 2.45) is 0 Å². The summed E-state index contributed by atoms with van der Waals surface area (Å²) in [5.74, 6) is -0.788. The van der Waals surface area contributed by atoms with Crippen LogP contribution in [0.4, 0.5) is 4.39 Å². The monoisotopic (exact) mass is 241 g/mol. The Morgan fingerprint density at radius 1 is 1.59 bits per heavy atom. The standard InChI is InChI=1S/C12H16FNO3/c1-8(5-6-15)14-12(16)9-3-4-10(13)11(7-9)17-2/h3-4,7-8,15H,5-6H2,1-2H3,(H,14,16). The molecule has 4 nitrogen and oxygen atoms in total. The number of methoxy groups -OCH3 is 1. The molecule has 0 saturated carbocycles. The number of benzene rings is 1. The summed E-state index contributed by atoms with van der Waals surface area (Å²) in [6.45, 7) is 1.79. The second kappa shape index (κ2) is 6.20. The van der Waals surface area contributed by atoms with Crippen molar-refractivity contribution in [3.8, 4) is 5.75 Å². The molecule has 1 atom stereocenters. The molecule has 0 heterocycles. The number of halogens is 1. The van der Waals surface area contributed by atoms with Crippen molar-refractivity contribution in [2.75, 3.05) is 13.7 Å². The summed E-state index contributed by atoms with van der Waals surface area (Å²) in [4.78, 5) is 11.7. The van der Waals surface area contributed by atoms with Crippen molar-refractivity contribution >= 4 is 5.91 Å². The Bertz CT molecular complexity index is 395. The third-order valence-corrected chi connectivity index (χ3v) is 2.35. The molecule has 0 bridgehead atoms. The van der Waals surface area contributed by atoms with E-state index < -0.39 is 5.82 Å². The van der Waals surface area contributed by atoms with Crippen LogP contribution in [0.2, 0.25) is 0 Å². The number of aliphatic hydroxyl groups excluding tert-OH is 1. The van der Waals surface area contributed by atoms with Gasteiger partial charge in [-0.15, -0.1) is 0 Å². The molecule has 5 heteroatoms. The summed E-state index contributed by atoms with van der Waals surface area (Å²) in [6.07, 6.45) is 0.476. The largest absolute Gasteiger partial charge is 0.494 e. The summed E-state index contributed by atoms with van der Waals surface area (Å²) < 4.78 is 17.9. The van der Waals surface area contributed by atoms with Gasteiger partial charge in [0.2, 0.25) is 0 Å². The molecule has 94 valence electrons. The molecule has 0 aliphatic heterocycles. The van der Waals surface area contributed by atoms with Crippen molar-refractivity contribution in [1.29, 1.82) is 0 Å². The lowest BCUT2D eigenvalue weighted by Crippen LogP contribution is -2.33. The summed E-state index contributed by atoms with van der Waals surface area (Å²) in [5, 5.41) is 11.4. The first kappa shape index (κ1) is 13.4. The zero-order valence-corrected chi connectivity index (χ0v) is 9.87. The van der Waals surface area contributed by atoms with Gasteiger partial charge >= 0.3 is 0 Å². The molecule has 1 rings (SSSR count). The second-order valence-corrected chi connectivity index (χ2v) is 3.74. The average molecular weight is 241 g/mol. The van der Waals surface area contributed by atoms with Gasteiger partial charge in [-0.25, -0.2) is 4.39 Å². The van der Waals surface area contributed by atoms with Crippen molar-refractivity contribution in [3.63, 3.8) is 0 Å². The first-order valence-corrected chi connectivity index (χ1v) is 5.33. The first-order chi connectivity index (χ1) is 8.08. The number of ether oxygens (including phenoxy) is 1. The van der Waals surface area contributed by atoms with E-state index in [1.807, 2.05) is 0 Å². The number of hydrogen-bond acceptors (Lipinski definition) is 3. The normalized spacial score (nSPS) is 12.0. The zero-order valence-electron chi connectivity index (χ0n) is 9.87. The fraction of sp³-hybridized carbons (Fsp3) is 0.417. The van der Waals surface area contributed by atoms with E-state index in [-0.39, 0.29) is 24.3 Å². The SMILES string of the molecule is COc1cc(C(=O)NC(C)CCO)ccc1F. The van der Waals surface area contributed by atoms with Crippen molar-refractivity contribution in [2.45, 2.75) is 19.4 Å². The van der Waals surface area contributed by atoms with E-state index in [1.165, 1.54) is 25.3 Å². The number of carbonyl (C=O) groups is 1. The highest BCUT2D eigenvalue weighted by Gasteiger charge is 2.12. The zero-order chi connectivity index (χ0) is 12.8. The maximum absolute atomic E-state index is 13.1. The van der Waals surface area contributed by atoms with Crippen LogP contribution in [0.5, 0.6) is 5.75 Å². The van der Waals surface area contributed by atoms with E-state index in [4.69, 9.17) is 9.84 Å². The highest BCUT2D eigenvalue weighted by atomic mass is 19.1. The molecule has 1 aromatic rings. The third-order valence-electron chi connectivity index (χ3n) is 2.35. The molecule has 0 aliphatic carbocycles. The summed E-state index contributed by atoms with van der Waals surface area (Å²) in [6, 6.07) is 3.78. The van der Waals surface area contributed by atoms with Crippen LogP contribution < -0.4 is 10.1 Å². The minimum absolute atomic E-state index is 0.00812. The highest BCUT2D eigenvalue weighted by Crippen LogP contribution is 2.18. The summed E-state index contributed by atoms with van der Waals surface area (Å²) in [7, 11) is 1.34. The average Bonchev–Trinajstić information content (AvgIpc) is 2.29. The lowest BCUT2D eigenvalue weighted by molar-refractivity contribution is 0.0934. The van der Waals surface area contributed by atoms with Gasteiger partial charge in [0.15, 0.2) is 11.6 Å². The third kappa shape index (κ3) is 3.71. The molecule has 0 fully saturated rings. The molecule has 0 saturated heterocycles. The Kier molecular flexibility index (Phi) is 4.90. The van der Waals surface area contributed by atoms with Gasteiger partial charge in [-0.05, 0) is 31.5 Å². The van der Waals surface area contributed by atoms with Crippen LogP contribution in [0.3, 0.4) is 0 Å². The van der Waals surface area contributed by atoms with Crippen LogP contribution in [-0.2, 0) is 0 Å². The molecule has 0 radical (unpaired) electrons. The topological polar surface area (TPSA) is 58.6 Å². The van der Waals surface area contributed by atoms with Gasteiger partial charge in [0.1, 0.15) is 0 Å². The maximum Gasteiger partial charge on any atom is 0.251 e. The van der Waals surface area contributed by atoms with E-state index in [1.54, 1.807) is 6.92 Å². The van der Waals surface area contributed by atoms with Gasteiger partial charge in [0.05, 0.1) is 7.11 Å². The number of rotatable bonds is 5. The van der Waals surface area contributed by atoms with E-state index in [9.17, 15) is 9.18 Å². The Hall–Kier alpha value is -1.62. The fourth-order valence-electron chi connectivity index (χ4n) is 1.37. The molecule has 1 amide bonds. The van der Waals surface area contributed by atoms with Crippen LogP contribution in [0.1, 0.15) is 23.7 Å². The van der Waals surface area contributed by atoms with Gasteiger partial charge in [-0.2, -0.15) is 0 Å². The molecule has 0 spiro atoms. The predicted molar refractivity (Wildman–Crippen MR) is 61.6 cm³/mol. The van der Waals surface area contributed by atoms with Gasteiger partial charge in [0.25, 0.3) is 5.91 Å². The van der Waals surface area contributed by atoms with Crippen molar-refractivity contribution in [1.82, 2.24) is 5.32 Å². The van der Waals surface area contributed by atoms with Crippen LogP contribution in [0.15, 0.2) is 18.2 Å². The molecule has 1 unspecified atom stereocenters. The van der Waals surface area contributed by atoms with E-state index in [2.05, 4.69) is 5.32 Å². The van der Waals surface area contributed by atoms with Gasteiger partial charge in [0, 0.05) is 18.2 Å². The van der Waals surface area contributed by atoms with Crippen LogP contribution in [-0.4, -0.2) is 30.8 Å². The number of amides is 1. The quantitative estimate of drug-likeness (QED) is 0.817. The molecule has 1 aromatic carbocycles. The number of aliphatic hydroxyl groups is 1. The van der Waals surface area contributed by atoms with Gasteiger partial charge in [-0.3, -0.25) is 4.79 Å². The fourth-order valence-corrected chi connectivity index (χ4v) is 1.37. The Morgan fingerprint density at radius 2 is 2.29 bits per heavy atom. The van der Waals surface area contributed by atoms with E-state index >= 15 is 0 Å². The van der Waals surface area contributed by atoms with Crippen molar-refractivity contribution < 1.29 is 19.0 Å². The van der Waals surface area contributed by atoms with Crippen LogP contribution >= 0.6 is 0 Å². The van der Waals surface area contributed by atoms with E-state index in [0.717, 1.165) is 0 Å². The van der Waals surface area contributed by atoms with Crippen LogP contribution in [0, 0.1) is 5.82 Å². The first-order valence-electron chi connectivity index (χ1n) is 5.33. The van der Waals surface area contributed by atoms with Gasteiger partial charge in [-0.1, -0.05) is 0 Å². The molecule has 2 N–H and O–H groups in total. The Morgan fingerprint density at radius 3 is 2.88 bits per heavy atom. The number of nitrogens with one attached hydrogen (secondary N) is 1. The number of hydrogen-bond donors (Lipinski definition) is 2. The predicted octanol–water partition coefficient (Wildman–Crippen LogP) is 1.33. The summed E-state index contributed by atoms with van der Waals surface area (Å²) >= 11 is 0. The Balaban J connectivity index is 2.75. The van der Waals surface area contributed by atoms with Crippen molar-refractivity contribution in [3.05, 3.63) is 29.6 Å². The maximum atomic E-state index is 13.1. The minimum atomic E-state index is -0.507. The lowest BCUT2D eigenvalue weighted by Gasteiger charge is -2.12. The smallest absolute Gasteiger partial charge is 0.251 e. The summed E-state index contributed by atoms with van der Waals surface area (Å²) in [5.41, 5.74) is 0.327. The lowest BCUT2D eigenvalue weighted by atomic mass is 10.1. The highest BCUT2D eigenvalue weighted by molar-refractivity contribution is 5.94. The number of carbonyl (C=O) groups excluding carboxylic acids is 1. The molecule has 17 heavy (non-hydrogen) atoms. The second-order valence-electron chi connectivity index (χ2n) is 3.74. The molecule has 0 aliphatic rings. The minimum Gasteiger partial charge on any atom is -0.494 e.